The van der Waals surface area contributed by atoms with Crippen LogP contribution in [-0.2, 0) is 69.2 Å². The molecule has 0 bridgehead atoms. The number of hydrogen-bond acceptors (Lipinski definition) is 9. The highest BCUT2D eigenvalue weighted by atomic mass is 35.6. The minimum atomic E-state index is -1.84. The van der Waals surface area contributed by atoms with Gasteiger partial charge in [-0.15, -0.1) is 0 Å². The van der Waals surface area contributed by atoms with Gasteiger partial charge in [-0.2, -0.15) is 0 Å². The predicted octanol–water partition coefficient (Wildman–Crippen LogP) is 7.53. The van der Waals surface area contributed by atoms with E-state index in [9.17, 15) is 9.59 Å². The number of rotatable bonds is 17. The summed E-state index contributed by atoms with van der Waals surface area (Å²) in [5.74, 6) is -1.87. The SMILES string of the molecule is O=C(CC(=O)OC1O[C@H](COCc2ccccc2)[C@@H](OCc2ccccc2)[C@H](OCc2ccccc2)[C@H]1OCc1ccccc1)OCC(Cl)(Cl)Cl. The summed E-state index contributed by atoms with van der Waals surface area (Å²) in [4.78, 5) is 25.6. The number of esters is 2. The summed E-state index contributed by atoms with van der Waals surface area (Å²) in [5.41, 5.74) is 3.68. The summed E-state index contributed by atoms with van der Waals surface area (Å²) in [7, 11) is 0. The normalized spacial score (nSPS) is 20.4. The van der Waals surface area contributed by atoms with Crippen molar-refractivity contribution in [2.75, 3.05) is 13.2 Å². The molecule has 0 spiro atoms. The van der Waals surface area contributed by atoms with Crippen molar-refractivity contribution in [3.05, 3.63) is 144 Å². The largest absolute Gasteiger partial charge is 0.461 e. The Hall–Kier alpha value is -3.51. The van der Waals surface area contributed by atoms with Crippen LogP contribution < -0.4 is 0 Å². The van der Waals surface area contributed by atoms with Gasteiger partial charge in [-0.05, 0) is 22.3 Å². The molecule has 4 aromatic carbocycles. The molecular formula is C39H39Cl3O9. The lowest BCUT2D eigenvalue weighted by atomic mass is 9.97. The lowest BCUT2D eigenvalue weighted by Gasteiger charge is -2.45. The molecule has 1 saturated heterocycles. The van der Waals surface area contributed by atoms with E-state index in [1.807, 2.05) is 121 Å². The van der Waals surface area contributed by atoms with Gasteiger partial charge in [0.15, 0.2) is 0 Å². The van der Waals surface area contributed by atoms with E-state index in [1.165, 1.54) is 0 Å². The third-order valence-corrected chi connectivity index (χ3v) is 8.10. The van der Waals surface area contributed by atoms with Crippen molar-refractivity contribution in [1.29, 1.82) is 0 Å². The molecule has 0 aromatic heterocycles. The monoisotopic (exact) mass is 756 g/mol. The topological polar surface area (TPSA) is 98.8 Å². The fourth-order valence-corrected chi connectivity index (χ4v) is 5.51. The summed E-state index contributed by atoms with van der Waals surface area (Å²) in [6, 6.07) is 38.6. The molecule has 1 aliphatic rings. The van der Waals surface area contributed by atoms with E-state index in [0.717, 1.165) is 22.3 Å². The highest BCUT2D eigenvalue weighted by Crippen LogP contribution is 2.32. The van der Waals surface area contributed by atoms with Gasteiger partial charge >= 0.3 is 11.9 Å². The number of hydrogen-bond donors (Lipinski definition) is 0. The van der Waals surface area contributed by atoms with Crippen LogP contribution in [0.25, 0.3) is 0 Å². The molecule has 1 heterocycles. The van der Waals surface area contributed by atoms with Crippen molar-refractivity contribution in [1.82, 2.24) is 0 Å². The van der Waals surface area contributed by atoms with Gasteiger partial charge in [0.1, 0.15) is 37.4 Å². The summed E-state index contributed by atoms with van der Waals surface area (Å²) < 4.78 is 41.2. The zero-order chi connectivity index (χ0) is 35.9. The second kappa shape index (κ2) is 19.9. The van der Waals surface area contributed by atoms with Gasteiger partial charge in [0.2, 0.25) is 10.1 Å². The van der Waals surface area contributed by atoms with Crippen LogP contribution in [0.1, 0.15) is 28.7 Å². The molecule has 0 radical (unpaired) electrons. The van der Waals surface area contributed by atoms with Crippen LogP contribution >= 0.6 is 34.8 Å². The van der Waals surface area contributed by atoms with Crippen molar-refractivity contribution in [3.63, 3.8) is 0 Å². The Morgan fingerprint density at radius 1 is 0.569 bits per heavy atom. The summed E-state index contributed by atoms with van der Waals surface area (Å²) in [5, 5.41) is 0. The molecule has 4 aromatic rings. The van der Waals surface area contributed by atoms with E-state index in [0.29, 0.717) is 6.61 Å². The summed E-state index contributed by atoms with van der Waals surface area (Å²) in [6.07, 6.45) is -5.44. The van der Waals surface area contributed by atoms with Gasteiger partial charge in [0, 0.05) is 0 Å². The van der Waals surface area contributed by atoms with Crippen LogP contribution in [0, 0.1) is 0 Å². The molecule has 1 aliphatic heterocycles. The number of halogens is 3. The third-order valence-electron chi connectivity index (χ3n) is 7.77. The molecular weight excluding hydrogens is 719 g/mol. The van der Waals surface area contributed by atoms with Gasteiger partial charge in [0.25, 0.3) is 0 Å². The molecule has 0 saturated carbocycles. The maximum absolute atomic E-state index is 13.2. The fraction of sp³-hybridized carbons (Fsp3) is 0.333. The predicted molar refractivity (Wildman–Crippen MR) is 192 cm³/mol. The molecule has 0 N–H and O–H groups in total. The fourth-order valence-electron chi connectivity index (χ4n) is 5.34. The van der Waals surface area contributed by atoms with Crippen molar-refractivity contribution < 1.29 is 42.7 Å². The minimum absolute atomic E-state index is 0.0598. The minimum Gasteiger partial charge on any atom is -0.461 e. The molecule has 0 aliphatic carbocycles. The zero-order valence-corrected chi connectivity index (χ0v) is 30.0. The van der Waals surface area contributed by atoms with Crippen molar-refractivity contribution in [3.8, 4) is 0 Å². The van der Waals surface area contributed by atoms with Crippen LogP contribution in [0.15, 0.2) is 121 Å². The first-order chi connectivity index (χ1) is 24.7. The molecule has 12 heteroatoms. The van der Waals surface area contributed by atoms with E-state index < -0.39 is 59.5 Å². The highest BCUT2D eigenvalue weighted by Gasteiger charge is 2.50. The number of ether oxygens (including phenoxy) is 7. The second-order valence-electron chi connectivity index (χ2n) is 11.8. The Kier molecular flexibility index (Phi) is 15.1. The van der Waals surface area contributed by atoms with E-state index in [4.69, 9.17) is 68.0 Å². The first-order valence-electron chi connectivity index (χ1n) is 16.4. The standard InChI is InChI=1S/C39H39Cl3O9/c40-39(41,42)27-49-33(43)21-34(44)51-38-37(48-25-31-19-11-4-12-20-31)36(47-24-30-17-9-3-10-18-30)35(46-23-29-15-7-2-8-16-29)32(50-38)26-45-22-28-13-5-1-6-14-28/h1-20,32,35-38H,21-27H2/t32-,35-,36+,37-,38?/m1/s1. The number of carbonyl (C=O) groups is 2. The Morgan fingerprint density at radius 3 is 1.47 bits per heavy atom. The lowest BCUT2D eigenvalue weighted by molar-refractivity contribution is -0.320. The van der Waals surface area contributed by atoms with Gasteiger partial charge in [0.05, 0.1) is 33.0 Å². The van der Waals surface area contributed by atoms with Gasteiger partial charge in [-0.1, -0.05) is 156 Å². The smallest absolute Gasteiger partial charge is 0.319 e. The van der Waals surface area contributed by atoms with Gasteiger partial charge in [-0.3, -0.25) is 9.59 Å². The van der Waals surface area contributed by atoms with Crippen molar-refractivity contribution in [2.24, 2.45) is 0 Å². The number of alkyl halides is 3. The Balaban J connectivity index is 1.43. The third kappa shape index (κ3) is 13.2. The van der Waals surface area contributed by atoms with Crippen molar-refractivity contribution >= 4 is 46.7 Å². The summed E-state index contributed by atoms with van der Waals surface area (Å²) >= 11 is 17.1. The van der Waals surface area contributed by atoms with Crippen LogP contribution in [0.5, 0.6) is 0 Å². The van der Waals surface area contributed by atoms with Crippen LogP contribution in [0.3, 0.4) is 0 Å². The molecule has 0 amide bonds. The van der Waals surface area contributed by atoms with Crippen LogP contribution in [0.2, 0.25) is 0 Å². The first-order valence-corrected chi connectivity index (χ1v) is 17.5. The van der Waals surface area contributed by atoms with Crippen LogP contribution in [0.4, 0.5) is 0 Å². The average molecular weight is 758 g/mol. The average Bonchev–Trinajstić information content (AvgIpc) is 3.13. The maximum Gasteiger partial charge on any atom is 0.319 e. The first kappa shape index (κ1) is 38.7. The van der Waals surface area contributed by atoms with E-state index in [-0.39, 0.29) is 26.4 Å². The number of carbonyl (C=O) groups excluding carboxylic acids is 2. The summed E-state index contributed by atoms with van der Waals surface area (Å²) in [6.45, 7) is 0.395. The quantitative estimate of drug-likeness (QED) is 0.0615. The van der Waals surface area contributed by atoms with E-state index in [2.05, 4.69) is 0 Å². The molecule has 270 valence electrons. The lowest BCUT2D eigenvalue weighted by Crippen LogP contribution is -2.62. The zero-order valence-electron chi connectivity index (χ0n) is 27.7. The second-order valence-corrected chi connectivity index (χ2v) is 14.3. The van der Waals surface area contributed by atoms with E-state index in [1.54, 1.807) is 0 Å². The highest BCUT2D eigenvalue weighted by molar-refractivity contribution is 6.67. The molecule has 51 heavy (non-hydrogen) atoms. The Bertz CT molecular complexity index is 1610. The van der Waals surface area contributed by atoms with E-state index >= 15 is 0 Å². The molecule has 1 unspecified atom stereocenters. The molecule has 5 atom stereocenters. The molecule has 5 rings (SSSR count). The van der Waals surface area contributed by atoms with Crippen LogP contribution in [-0.4, -0.2) is 59.7 Å². The molecule has 9 nitrogen and oxygen atoms in total. The molecule has 1 fully saturated rings. The van der Waals surface area contributed by atoms with Crippen molar-refractivity contribution in [2.45, 2.75) is 67.3 Å². The Labute approximate surface area is 312 Å². The maximum atomic E-state index is 13.2. The van der Waals surface area contributed by atoms with Gasteiger partial charge < -0.3 is 33.2 Å². The Morgan fingerprint density at radius 2 is 1.00 bits per heavy atom. The van der Waals surface area contributed by atoms with Gasteiger partial charge in [-0.25, -0.2) is 0 Å². The number of benzene rings is 4.